The normalized spacial score (nSPS) is 17.4. The van der Waals surface area contributed by atoms with Gasteiger partial charge in [-0.3, -0.25) is 9.98 Å². The standard InChI is InChI=1S/C17H19N3/c1-20(2)10-8-15-11-13-6-7-14(12-17(13)19-15)16-5-3-4-9-18-16/h3-7,9,11H,8,10,12H2,1-2H3. The zero-order valence-corrected chi connectivity index (χ0v) is 12.0. The third-order valence-electron chi connectivity index (χ3n) is 3.56. The van der Waals surface area contributed by atoms with Crippen LogP contribution in [-0.4, -0.2) is 36.2 Å². The third-order valence-corrected chi connectivity index (χ3v) is 3.56. The first-order valence-corrected chi connectivity index (χ1v) is 6.98. The zero-order chi connectivity index (χ0) is 13.9. The second-order valence-corrected chi connectivity index (χ2v) is 5.45. The minimum Gasteiger partial charge on any atom is -0.309 e. The van der Waals surface area contributed by atoms with Crippen LogP contribution >= 0.6 is 0 Å². The van der Waals surface area contributed by atoms with Crippen molar-refractivity contribution in [2.24, 2.45) is 4.99 Å². The second-order valence-electron chi connectivity index (χ2n) is 5.45. The smallest absolute Gasteiger partial charge is 0.0665 e. The molecule has 1 aliphatic heterocycles. The van der Waals surface area contributed by atoms with Gasteiger partial charge in [-0.2, -0.15) is 0 Å². The topological polar surface area (TPSA) is 28.5 Å². The Morgan fingerprint density at radius 1 is 1.20 bits per heavy atom. The summed E-state index contributed by atoms with van der Waals surface area (Å²) in [5.74, 6) is 0. The monoisotopic (exact) mass is 265 g/mol. The van der Waals surface area contributed by atoms with E-state index in [9.17, 15) is 0 Å². The summed E-state index contributed by atoms with van der Waals surface area (Å²) in [5, 5.41) is 0. The fourth-order valence-electron chi connectivity index (χ4n) is 2.44. The molecule has 0 radical (unpaired) electrons. The number of allylic oxidation sites excluding steroid dienone is 5. The van der Waals surface area contributed by atoms with Crippen molar-refractivity contribution in [3.63, 3.8) is 0 Å². The van der Waals surface area contributed by atoms with Crippen LogP contribution in [0, 0.1) is 0 Å². The molecule has 1 aromatic heterocycles. The number of pyridine rings is 1. The van der Waals surface area contributed by atoms with Gasteiger partial charge < -0.3 is 4.90 Å². The van der Waals surface area contributed by atoms with E-state index in [1.807, 2.05) is 18.3 Å². The molecule has 1 aliphatic carbocycles. The van der Waals surface area contributed by atoms with E-state index in [-0.39, 0.29) is 0 Å². The lowest BCUT2D eigenvalue weighted by Crippen LogP contribution is -2.12. The van der Waals surface area contributed by atoms with Gasteiger partial charge >= 0.3 is 0 Å². The summed E-state index contributed by atoms with van der Waals surface area (Å²) < 4.78 is 0. The first-order chi connectivity index (χ1) is 9.72. The average Bonchev–Trinajstić information content (AvgIpc) is 2.88. The van der Waals surface area contributed by atoms with Crippen LogP contribution in [0.3, 0.4) is 0 Å². The van der Waals surface area contributed by atoms with Crippen LogP contribution in [-0.2, 0) is 0 Å². The van der Waals surface area contributed by atoms with Gasteiger partial charge in [-0.1, -0.05) is 18.2 Å². The van der Waals surface area contributed by atoms with Crippen molar-refractivity contribution >= 4 is 11.3 Å². The molecule has 0 amide bonds. The Morgan fingerprint density at radius 2 is 2.10 bits per heavy atom. The molecular weight excluding hydrogens is 246 g/mol. The predicted molar refractivity (Wildman–Crippen MR) is 83.6 cm³/mol. The summed E-state index contributed by atoms with van der Waals surface area (Å²) in [6.07, 6.45) is 10.3. The van der Waals surface area contributed by atoms with Crippen LogP contribution < -0.4 is 0 Å². The molecule has 20 heavy (non-hydrogen) atoms. The number of hydrogen-bond donors (Lipinski definition) is 0. The van der Waals surface area contributed by atoms with Gasteiger partial charge in [0.15, 0.2) is 0 Å². The van der Waals surface area contributed by atoms with E-state index in [0.29, 0.717) is 0 Å². The molecule has 3 rings (SSSR count). The number of aromatic nitrogens is 1. The molecule has 1 aromatic rings. The number of fused-ring (bicyclic) bond motifs is 1. The van der Waals surface area contributed by atoms with Crippen molar-refractivity contribution in [2.45, 2.75) is 12.8 Å². The second kappa shape index (κ2) is 5.55. The molecule has 0 aromatic carbocycles. The summed E-state index contributed by atoms with van der Waals surface area (Å²) in [4.78, 5) is 11.4. The van der Waals surface area contributed by atoms with Crippen LogP contribution in [0.4, 0.5) is 0 Å². The summed E-state index contributed by atoms with van der Waals surface area (Å²) in [6, 6.07) is 6.03. The van der Waals surface area contributed by atoms with Crippen molar-refractivity contribution in [3.8, 4) is 0 Å². The summed E-state index contributed by atoms with van der Waals surface area (Å²) in [6.45, 7) is 1.04. The number of rotatable bonds is 4. The van der Waals surface area contributed by atoms with Crippen LogP contribution in [0.15, 0.2) is 58.9 Å². The van der Waals surface area contributed by atoms with E-state index in [1.165, 1.54) is 22.6 Å². The fourth-order valence-corrected chi connectivity index (χ4v) is 2.44. The maximum Gasteiger partial charge on any atom is 0.0665 e. The van der Waals surface area contributed by atoms with E-state index >= 15 is 0 Å². The molecule has 0 unspecified atom stereocenters. The summed E-state index contributed by atoms with van der Waals surface area (Å²) in [7, 11) is 4.19. The fraction of sp³-hybridized carbons (Fsp3) is 0.294. The van der Waals surface area contributed by atoms with Crippen LogP contribution in [0.2, 0.25) is 0 Å². The molecule has 0 N–H and O–H groups in total. The predicted octanol–water partition coefficient (Wildman–Crippen LogP) is 3.09. The lowest BCUT2D eigenvalue weighted by atomic mass is 9.95. The van der Waals surface area contributed by atoms with Gasteiger partial charge in [0.05, 0.1) is 11.4 Å². The van der Waals surface area contributed by atoms with Crippen LogP contribution in [0.5, 0.6) is 0 Å². The van der Waals surface area contributed by atoms with Gasteiger partial charge in [-0.15, -0.1) is 0 Å². The highest BCUT2D eigenvalue weighted by atomic mass is 15.0. The van der Waals surface area contributed by atoms with Gasteiger partial charge in [0, 0.05) is 31.3 Å². The van der Waals surface area contributed by atoms with E-state index in [4.69, 9.17) is 4.99 Å². The van der Waals surface area contributed by atoms with E-state index in [2.05, 4.69) is 48.3 Å². The molecule has 0 atom stereocenters. The molecule has 2 heterocycles. The van der Waals surface area contributed by atoms with Crippen molar-refractivity contribution < 1.29 is 0 Å². The molecule has 0 bridgehead atoms. The molecule has 2 aliphatic rings. The number of hydrogen-bond acceptors (Lipinski definition) is 3. The van der Waals surface area contributed by atoms with Gasteiger partial charge in [0.2, 0.25) is 0 Å². The van der Waals surface area contributed by atoms with Gasteiger partial charge in [-0.05, 0) is 43.5 Å². The number of aliphatic imine (C=N–C) groups is 1. The molecule has 0 saturated carbocycles. The maximum atomic E-state index is 4.77. The molecule has 102 valence electrons. The van der Waals surface area contributed by atoms with E-state index in [0.717, 1.165) is 25.1 Å². The Labute approximate surface area is 120 Å². The van der Waals surface area contributed by atoms with Gasteiger partial charge in [0.1, 0.15) is 0 Å². The molecule has 0 spiro atoms. The van der Waals surface area contributed by atoms with Crippen molar-refractivity contribution in [1.82, 2.24) is 9.88 Å². The highest BCUT2D eigenvalue weighted by molar-refractivity contribution is 6.11. The Hall–Kier alpha value is -2.00. The summed E-state index contributed by atoms with van der Waals surface area (Å²) in [5.41, 5.74) is 5.93. The third kappa shape index (κ3) is 2.78. The first-order valence-electron chi connectivity index (χ1n) is 6.98. The molecule has 0 fully saturated rings. The highest BCUT2D eigenvalue weighted by Gasteiger charge is 2.19. The van der Waals surface area contributed by atoms with Crippen LogP contribution in [0.25, 0.3) is 5.57 Å². The largest absolute Gasteiger partial charge is 0.309 e. The quantitative estimate of drug-likeness (QED) is 0.837. The zero-order valence-electron chi connectivity index (χ0n) is 12.0. The van der Waals surface area contributed by atoms with Crippen LogP contribution in [0.1, 0.15) is 18.5 Å². The lowest BCUT2D eigenvalue weighted by molar-refractivity contribution is 0.412. The van der Waals surface area contributed by atoms with Crippen molar-refractivity contribution in [1.29, 1.82) is 0 Å². The minimum absolute atomic E-state index is 0.880. The Bertz CT molecular complexity index is 619. The number of nitrogens with zero attached hydrogens (tertiary/aromatic N) is 3. The molecule has 3 nitrogen and oxygen atoms in total. The molecule has 3 heteroatoms. The first kappa shape index (κ1) is 13.0. The SMILES string of the molecule is CN(C)CCC1=CC2=CC=C(c3ccccn3)CC2=N1. The lowest BCUT2D eigenvalue weighted by Gasteiger charge is -2.11. The van der Waals surface area contributed by atoms with E-state index in [1.54, 1.807) is 0 Å². The van der Waals surface area contributed by atoms with Crippen molar-refractivity contribution in [2.75, 3.05) is 20.6 Å². The van der Waals surface area contributed by atoms with Gasteiger partial charge in [0.25, 0.3) is 0 Å². The minimum atomic E-state index is 0.880. The molecular formula is C17H19N3. The Morgan fingerprint density at radius 3 is 2.85 bits per heavy atom. The Balaban J connectivity index is 1.74. The summed E-state index contributed by atoms with van der Waals surface area (Å²) >= 11 is 0. The average molecular weight is 265 g/mol. The van der Waals surface area contributed by atoms with Gasteiger partial charge in [-0.25, -0.2) is 0 Å². The highest BCUT2D eigenvalue weighted by Crippen LogP contribution is 2.30. The maximum absolute atomic E-state index is 4.77. The van der Waals surface area contributed by atoms with Crippen molar-refractivity contribution in [3.05, 3.63) is 59.6 Å². The van der Waals surface area contributed by atoms with E-state index < -0.39 is 0 Å². The Kier molecular flexibility index (Phi) is 3.61. The molecule has 0 saturated heterocycles.